The highest BCUT2D eigenvalue weighted by Gasteiger charge is 2.29. The van der Waals surface area contributed by atoms with E-state index in [1.807, 2.05) is 39.8 Å². The summed E-state index contributed by atoms with van der Waals surface area (Å²) in [6.45, 7) is 10.6. The fraction of sp³-hybridized carbons (Fsp3) is 0.550. The first-order valence-electron chi connectivity index (χ1n) is 9.16. The van der Waals surface area contributed by atoms with Crippen molar-refractivity contribution in [1.82, 2.24) is 10.1 Å². The van der Waals surface area contributed by atoms with Crippen LogP contribution in [0.4, 0.5) is 0 Å². The minimum Gasteiger partial charge on any atom is -0.490 e. The molecule has 0 bridgehead atoms. The van der Waals surface area contributed by atoms with E-state index in [2.05, 4.69) is 22.2 Å². The second kappa shape index (κ2) is 7.91. The minimum absolute atomic E-state index is 0.128. The molecule has 0 N–H and O–H groups in total. The van der Waals surface area contributed by atoms with Gasteiger partial charge in [0.15, 0.2) is 17.3 Å². The lowest BCUT2D eigenvalue weighted by atomic mass is 10.1. The molecule has 1 fully saturated rings. The summed E-state index contributed by atoms with van der Waals surface area (Å²) in [5, 5.41) is 4.04. The predicted molar refractivity (Wildman–Crippen MR) is 97.0 cm³/mol. The molecule has 0 amide bonds. The van der Waals surface area contributed by atoms with E-state index < -0.39 is 0 Å². The molecule has 2 heterocycles. The molecule has 1 aliphatic heterocycles. The Balaban J connectivity index is 1.76. The largest absolute Gasteiger partial charge is 0.490 e. The Hall–Kier alpha value is -2.01. The number of aryl methyl sites for hydroxylation is 1. The average Bonchev–Trinajstić information content (AvgIpc) is 3.18. The third-order valence-electron chi connectivity index (χ3n) is 4.39. The van der Waals surface area contributed by atoms with Gasteiger partial charge in [0, 0.05) is 12.6 Å². The molecule has 2 aromatic rings. The standard InChI is InChI=1S/C20H28N2O3/c1-5-23-20-12-16(8-9-18(20)24-14(2)3)13-22-10-6-7-17(22)19-11-15(4)21-25-19/h8-9,11-12,14,17H,5-7,10,13H2,1-4H3/t17-/m1/s1. The van der Waals surface area contributed by atoms with Crippen molar-refractivity contribution >= 4 is 0 Å². The normalized spacial score (nSPS) is 18.0. The van der Waals surface area contributed by atoms with Gasteiger partial charge in [0.25, 0.3) is 0 Å². The van der Waals surface area contributed by atoms with E-state index in [9.17, 15) is 0 Å². The van der Waals surface area contributed by atoms with Gasteiger partial charge in [0.2, 0.25) is 0 Å². The summed E-state index contributed by atoms with van der Waals surface area (Å²) in [5.41, 5.74) is 2.17. The van der Waals surface area contributed by atoms with Gasteiger partial charge in [-0.05, 0) is 64.8 Å². The van der Waals surface area contributed by atoms with E-state index in [1.165, 1.54) is 12.0 Å². The predicted octanol–water partition coefficient (Wildman–Crippen LogP) is 4.51. The molecule has 0 radical (unpaired) electrons. The van der Waals surface area contributed by atoms with Gasteiger partial charge in [-0.15, -0.1) is 0 Å². The smallest absolute Gasteiger partial charge is 0.161 e. The van der Waals surface area contributed by atoms with Gasteiger partial charge in [-0.1, -0.05) is 11.2 Å². The van der Waals surface area contributed by atoms with Crippen LogP contribution in [-0.2, 0) is 6.54 Å². The van der Waals surface area contributed by atoms with Crippen LogP contribution >= 0.6 is 0 Å². The lowest BCUT2D eigenvalue weighted by Gasteiger charge is -2.23. The number of likely N-dealkylation sites (tertiary alicyclic amines) is 1. The van der Waals surface area contributed by atoms with Crippen LogP contribution < -0.4 is 9.47 Å². The van der Waals surface area contributed by atoms with Gasteiger partial charge in [-0.25, -0.2) is 0 Å². The maximum Gasteiger partial charge on any atom is 0.161 e. The van der Waals surface area contributed by atoms with E-state index in [0.717, 1.165) is 42.5 Å². The average molecular weight is 344 g/mol. The second-order valence-electron chi connectivity index (χ2n) is 6.88. The van der Waals surface area contributed by atoms with Gasteiger partial charge < -0.3 is 14.0 Å². The summed E-state index contributed by atoms with van der Waals surface area (Å²) >= 11 is 0. The fourth-order valence-electron chi connectivity index (χ4n) is 3.38. The number of ether oxygens (including phenoxy) is 2. The number of hydrogen-bond donors (Lipinski definition) is 0. The fourth-order valence-corrected chi connectivity index (χ4v) is 3.38. The number of aromatic nitrogens is 1. The Kier molecular flexibility index (Phi) is 5.63. The molecule has 136 valence electrons. The van der Waals surface area contributed by atoms with Gasteiger partial charge in [-0.2, -0.15) is 0 Å². The first kappa shape index (κ1) is 17.8. The van der Waals surface area contributed by atoms with Crippen LogP contribution in [0.1, 0.15) is 56.7 Å². The molecule has 0 saturated carbocycles. The van der Waals surface area contributed by atoms with Gasteiger partial charge in [0.1, 0.15) is 0 Å². The third-order valence-corrected chi connectivity index (χ3v) is 4.39. The van der Waals surface area contributed by atoms with Gasteiger partial charge >= 0.3 is 0 Å². The Morgan fingerprint density at radius 2 is 2.12 bits per heavy atom. The summed E-state index contributed by atoms with van der Waals surface area (Å²) in [6, 6.07) is 8.60. The number of nitrogens with zero attached hydrogens (tertiary/aromatic N) is 2. The molecule has 1 saturated heterocycles. The molecule has 1 aromatic heterocycles. The van der Waals surface area contributed by atoms with Crippen molar-refractivity contribution < 1.29 is 14.0 Å². The lowest BCUT2D eigenvalue weighted by molar-refractivity contribution is 0.205. The van der Waals surface area contributed by atoms with E-state index >= 15 is 0 Å². The quantitative estimate of drug-likeness (QED) is 0.740. The zero-order valence-corrected chi connectivity index (χ0v) is 15.6. The molecule has 5 heteroatoms. The van der Waals surface area contributed by atoms with Crippen LogP contribution in [0, 0.1) is 6.92 Å². The highest BCUT2D eigenvalue weighted by atomic mass is 16.5. The van der Waals surface area contributed by atoms with Crippen molar-refractivity contribution in [3.8, 4) is 11.5 Å². The zero-order chi connectivity index (χ0) is 17.8. The Morgan fingerprint density at radius 3 is 2.80 bits per heavy atom. The van der Waals surface area contributed by atoms with Crippen molar-refractivity contribution in [2.45, 2.75) is 59.2 Å². The second-order valence-corrected chi connectivity index (χ2v) is 6.88. The van der Waals surface area contributed by atoms with Gasteiger partial charge in [0.05, 0.1) is 24.4 Å². The van der Waals surface area contributed by atoms with Crippen molar-refractivity contribution in [2.24, 2.45) is 0 Å². The van der Waals surface area contributed by atoms with E-state index in [0.29, 0.717) is 12.6 Å². The molecule has 1 atom stereocenters. The lowest BCUT2D eigenvalue weighted by Crippen LogP contribution is -2.22. The molecule has 0 spiro atoms. The first-order chi connectivity index (χ1) is 12.1. The van der Waals surface area contributed by atoms with Crippen molar-refractivity contribution in [3.05, 3.63) is 41.3 Å². The molecular formula is C20H28N2O3. The van der Waals surface area contributed by atoms with Crippen LogP contribution in [0.5, 0.6) is 11.5 Å². The number of rotatable bonds is 7. The third kappa shape index (κ3) is 4.34. The van der Waals surface area contributed by atoms with Crippen LogP contribution in [0.15, 0.2) is 28.8 Å². The first-order valence-corrected chi connectivity index (χ1v) is 9.16. The van der Waals surface area contributed by atoms with Crippen molar-refractivity contribution in [3.63, 3.8) is 0 Å². The van der Waals surface area contributed by atoms with Crippen molar-refractivity contribution in [2.75, 3.05) is 13.2 Å². The molecule has 25 heavy (non-hydrogen) atoms. The van der Waals surface area contributed by atoms with E-state index in [1.54, 1.807) is 0 Å². The molecule has 1 aromatic carbocycles. The zero-order valence-electron chi connectivity index (χ0n) is 15.6. The Morgan fingerprint density at radius 1 is 1.28 bits per heavy atom. The summed E-state index contributed by atoms with van der Waals surface area (Å²) in [6.07, 6.45) is 2.42. The monoisotopic (exact) mass is 344 g/mol. The molecule has 0 unspecified atom stereocenters. The van der Waals surface area contributed by atoms with Crippen LogP contribution in [0.25, 0.3) is 0 Å². The maximum absolute atomic E-state index is 5.85. The highest BCUT2D eigenvalue weighted by Crippen LogP contribution is 2.35. The van der Waals surface area contributed by atoms with Crippen LogP contribution in [-0.4, -0.2) is 29.3 Å². The van der Waals surface area contributed by atoms with E-state index in [-0.39, 0.29) is 6.10 Å². The van der Waals surface area contributed by atoms with Gasteiger partial charge in [-0.3, -0.25) is 4.90 Å². The van der Waals surface area contributed by atoms with E-state index in [4.69, 9.17) is 14.0 Å². The molecule has 3 rings (SSSR count). The topological polar surface area (TPSA) is 47.7 Å². The Bertz CT molecular complexity index is 696. The summed E-state index contributed by atoms with van der Waals surface area (Å²) < 4.78 is 17.1. The summed E-state index contributed by atoms with van der Waals surface area (Å²) in [5.74, 6) is 2.60. The number of hydrogen-bond acceptors (Lipinski definition) is 5. The molecular weight excluding hydrogens is 316 g/mol. The summed E-state index contributed by atoms with van der Waals surface area (Å²) in [7, 11) is 0. The molecule has 1 aliphatic rings. The maximum atomic E-state index is 5.85. The van der Waals surface area contributed by atoms with Crippen molar-refractivity contribution in [1.29, 1.82) is 0 Å². The Labute approximate surface area is 149 Å². The number of benzene rings is 1. The SMILES string of the molecule is CCOc1cc(CN2CCC[C@@H]2c2cc(C)no2)ccc1OC(C)C. The van der Waals surface area contributed by atoms with Crippen LogP contribution in [0.3, 0.4) is 0 Å². The molecule has 5 nitrogen and oxygen atoms in total. The highest BCUT2D eigenvalue weighted by molar-refractivity contribution is 5.43. The summed E-state index contributed by atoms with van der Waals surface area (Å²) in [4.78, 5) is 2.45. The van der Waals surface area contributed by atoms with Crippen LogP contribution in [0.2, 0.25) is 0 Å². The molecule has 0 aliphatic carbocycles. The minimum atomic E-state index is 0.128.